The Hall–Kier alpha value is -1.67. The summed E-state index contributed by atoms with van der Waals surface area (Å²) in [5.41, 5.74) is 3.09. The highest BCUT2D eigenvalue weighted by Gasteiger charge is 2.27. The van der Waals surface area contributed by atoms with Crippen LogP contribution in [0.5, 0.6) is 0 Å². The van der Waals surface area contributed by atoms with Crippen molar-refractivity contribution in [2.45, 2.75) is 31.6 Å². The van der Waals surface area contributed by atoms with Gasteiger partial charge in [-0.2, -0.15) is 0 Å². The number of carbonyl (C=O) groups excluding carboxylic acids is 1. The van der Waals surface area contributed by atoms with Crippen LogP contribution in [0.25, 0.3) is 0 Å². The summed E-state index contributed by atoms with van der Waals surface area (Å²) in [6.45, 7) is 0. The van der Waals surface area contributed by atoms with Crippen LogP contribution in [-0.4, -0.2) is 10.8 Å². The number of hydrogen-bond acceptors (Lipinski definition) is 2. The predicted octanol–water partition coefficient (Wildman–Crippen LogP) is 3.97. The molecule has 0 spiro atoms. The van der Waals surface area contributed by atoms with Gasteiger partial charge in [-0.05, 0) is 42.5 Å². The summed E-state index contributed by atoms with van der Waals surface area (Å²) < 4.78 is 0. The Morgan fingerprint density at radius 3 is 2.95 bits per heavy atom. The Balaban J connectivity index is 1.84. The first-order chi connectivity index (χ1) is 9.75. The molecule has 0 bridgehead atoms. The van der Waals surface area contributed by atoms with Crippen molar-refractivity contribution < 1.29 is 4.79 Å². The van der Waals surface area contributed by atoms with E-state index < -0.39 is 0 Å². The van der Waals surface area contributed by atoms with Crippen LogP contribution in [0.3, 0.4) is 0 Å². The van der Waals surface area contributed by atoms with E-state index in [0.717, 1.165) is 30.5 Å². The van der Waals surface area contributed by atoms with Gasteiger partial charge in [0, 0.05) is 17.6 Å². The van der Waals surface area contributed by atoms with Gasteiger partial charge in [0.05, 0.1) is 11.6 Å². The molecule has 2 nitrogen and oxygen atoms in total. The lowest BCUT2D eigenvalue weighted by Gasteiger charge is -2.23. The van der Waals surface area contributed by atoms with Gasteiger partial charge in [-0.3, -0.25) is 9.78 Å². The molecule has 102 valence electrons. The van der Waals surface area contributed by atoms with Crippen molar-refractivity contribution in [3.8, 4) is 0 Å². The van der Waals surface area contributed by atoms with E-state index in [1.54, 1.807) is 6.20 Å². The fraction of sp³-hybridized carbons (Fsp3) is 0.294. The predicted molar refractivity (Wildman–Crippen MR) is 80.1 cm³/mol. The number of carbonyl (C=O) groups is 1. The van der Waals surface area contributed by atoms with Gasteiger partial charge >= 0.3 is 0 Å². The van der Waals surface area contributed by atoms with Gasteiger partial charge in [0.25, 0.3) is 0 Å². The monoisotopic (exact) mass is 285 g/mol. The van der Waals surface area contributed by atoms with E-state index in [-0.39, 0.29) is 11.7 Å². The summed E-state index contributed by atoms with van der Waals surface area (Å²) in [5.74, 6) is 0.147. The SMILES string of the molecule is O=C(Cc1ccccc1Cl)C1CCCc2cccnc21. The summed E-state index contributed by atoms with van der Waals surface area (Å²) in [6, 6.07) is 11.6. The maximum absolute atomic E-state index is 12.6. The number of pyridine rings is 1. The lowest BCUT2D eigenvalue weighted by atomic mass is 9.82. The Morgan fingerprint density at radius 2 is 2.10 bits per heavy atom. The number of hydrogen-bond donors (Lipinski definition) is 0. The van der Waals surface area contributed by atoms with Gasteiger partial charge in [0.2, 0.25) is 0 Å². The number of rotatable bonds is 3. The largest absolute Gasteiger partial charge is 0.299 e. The van der Waals surface area contributed by atoms with Gasteiger partial charge < -0.3 is 0 Å². The van der Waals surface area contributed by atoms with Crippen LogP contribution in [-0.2, 0) is 17.6 Å². The zero-order valence-electron chi connectivity index (χ0n) is 11.2. The molecule has 0 N–H and O–H groups in total. The van der Waals surface area contributed by atoms with E-state index in [1.807, 2.05) is 30.3 Å². The molecule has 20 heavy (non-hydrogen) atoms. The number of ketones is 1. The van der Waals surface area contributed by atoms with E-state index in [1.165, 1.54) is 5.56 Å². The standard InChI is InChI=1S/C17H16ClNO/c18-15-9-2-1-5-13(15)11-16(20)14-8-3-6-12-7-4-10-19-17(12)14/h1-2,4-5,7,9-10,14H,3,6,8,11H2. The lowest BCUT2D eigenvalue weighted by molar-refractivity contribution is -0.120. The summed E-state index contributed by atoms with van der Waals surface area (Å²) >= 11 is 6.14. The summed E-state index contributed by atoms with van der Waals surface area (Å²) in [5, 5.41) is 0.665. The molecule has 0 amide bonds. The highest BCUT2D eigenvalue weighted by Crippen LogP contribution is 2.31. The van der Waals surface area contributed by atoms with Crippen LogP contribution < -0.4 is 0 Å². The highest BCUT2D eigenvalue weighted by molar-refractivity contribution is 6.31. The fourth-order valence-electron chi connectivity index (χ4n) is 2.88. The number of fused-ring (bicyclic) bond motifs is 1. The minimum absolute atomic E-state index is 0.0729. The molecule has 1 heterocycles. The van der Waals surface area contributed by atoms with Crippen LogP contribution in [0.2, 0.25) is 5.02 Å². The molecule has 1 aliphatic rings. The number of aryl methyl sites for hydroxylation is 1. The van der Waals surface area contributed by atoms with Crippen molar-refractivity contribution >= 4 is 17.4 Å². The van der Waals surface area contributed by atoms with E-state index in [2.05, 4.69) is 11.1 Å². The number of benzene rings is 1. The maximum atomic E-state index is 12.6. The maximum Gasteiger partial charge on any atom is 0.146 e. The van der Waals surface area contributed by atoms with Crippen molar-refractivity contribution in [2.24, 2.45) is 0 Å². The Morgan fingerprint density at radius 1 is 1.25 bits per heavy atom. The average molecular weight is 286 g/mol. The number of halogens is 1. The third kappa shape index (κ3) is 2.61. The number of Topliss-reactive ketones (excluding diaryl/α,β-unsaturated/α-hetero) is 1. The summed E-state index contributed by atoms with van der Waals surface area (Å²) in [7, 11) is 0. The smallest absolute Gasteiger partial charge is 0.146 e. The summed E-state index contributed by atoms with van der Waals surface area (Å²) in [4.78, 5) is 17.0. The van der Waals surface area contributed by atoms with Gasteiger partial charge in [-0.15, -0.1) is 0 Å². The molecule has 1 aliphatic carbocycles. The van der Waals surface area contributed by atoms with Gasteiger partial charge in [-0.25, -0.2) is 0 Å². The number of nitrogens with zero attached hydrogens (tertiary/aromatic N) is 1. The second-order valence-corrected chi connectivity index (χ2v) is 5.63. The van der Waals surface area contributed by atoms with E-state index in [9.17, 15) is 4.79 Å². The quantitative estimate of drug-likeness (QED) is 0.854. The van der Waals surface area contributed by atoms with Crippen molar-refractivity contribution in [1.29, 1.82) is 0 Å². The molecule has 0 radical (unpaired) electrons. The Bertz CT molecular complexity index is 638. The first-order valence-electron chi connectivity index (χ1n) is 6.95. The Labute approximate surface area is 123 Å². The molecule has 3 rings (SSSR count). The van der Waals surface area contributed by atoms with Crippen LogP contribution in [0.4, 0.5) is 0 Å². The molecule has 1 atom stereocenters. The molecular weight excluding hydrogens is 270 g/mol. The van der Waals surface area contributed by atoms with Crippen molar-refractivity contribution in [3.05, 3.63) is 64.4 Å². The van der Waals surface area contributed by atoms with Gasteiger partial charge in [-0.1, -0.05) is 35.9 Å². The minimum atomic E-state index is -0.0729. The van der Waals surface area contributed by atoms with Crippen LogP contribution in [0.15, 0.2) is 42.6 Å². The minimum Gasteiger partial charge on any atom is -0.299 e. The molecular formula is C17H16ClNO. The van der Waals surface area contributed by atoms with Crippen LogP contribution >= 0.6 is 11.6 Å². The topological polar surface area (TPSA) is 30.0 Å². The molecule has 0 aliphatic heterocycles. The zero-order chi connectivity index (χ0) is 13.9. The Kier molecular flexibility index (Phi) is 3.83. The van der Waals surface area contributed by atoms with E-state index in [4.69, 9.17) is 11.6 Å². The third-order valence-corrected chi connectivity index (χ3v) is 4.27. The van der Waals surface area contributed by atoms with E-state index in [0.29, 0.717) is 11.4 Å². The second-order valence-electron chi connectivity index (χ2n) is 5.23. The molecule has 1 aromatic heterocycles. The molecule has 2 aromatic rings. The van der Waals surface area contributed by atoms with Crippen molar-refractivity contribution in [3.63, 3.8) is 0 Å². The molecule has 1 unspecified atom stereocenters. The second kappa shape index (κ2) is 5.76. The molecule has 1 aromatic carbocycles. The molecule has 3 heteroatoms. The highest BCUT2D eigenvalue weighted by atomic mass is 35.5. The molecule has 0 saturated heterocycles. The van der Waals surface area contributed by atoms with Gasteiger partial charge in [0.15, 0.2) is 0 Å². The zero-order valence-corrected chi connectivity index (χ0v) is 11.9. The first-order valence-corrected chi connectivity index (χ1v) is 7.33. The summed E-state index contributed by atoms with van der Waals surface area (Å²) in [6.07, 6.45) is 5.14. The van der Waals surface area contributed by atoms with Crippen LogP contribution in [0.1, 0.15) is 35.6 Å². The molecule has 0 fully saturated rings. The van der Waals surface area contributed by atoms with Crippen LogP contribution in [0, 0.1) is 0 Å². The lowest BCUT2D eigenvalue weighted by Crippen LogP contribution is -2.21. The first kappa shape index (κ1) is 13.3. The fourth-order valence-corrected chi connectivity index (χ4v) is 3.08. The van der Waals surface area contributed by atoms with Crippen molar-refractivity contribution in [1.82, 2.24) is 4.98 Å². The average Bonchev–Trinajstić information content (AvgIpc) is 2.49. The van der Waals surface area contributed by atoms with E-state index >= 15 is 0 Å². The normalized spacial score (nSPS) is 17.6. The number of aromatic nitrogens is 1. The molecule has 0 saturated carbocycles. The van der Waals surface area contributed by atoms with Gasteiger partial charge in [0.1, 0.15) is 5.78 Å². The third-order valence-electron chi connectivity index (χ3n) is 3.91. The van der Waals surface area contributed by atoms with Crippen molar-refractivity contribution in [2.75, 3.05) is 0 Å².